The molecule has 176 valence electrons. The van der Waals surface area contributed by atoms with Crippen molar-refractivity contribution in [3.8, 4) is 5.75 Å². The lowest BCUT2D eigenvalue weighted by molar-refractivity contribution is 0.0951. The molecule has 1 amide bonds. The van der Waals surface area contributed by atoms with Gasteiger partial charge in [-0.3, -0.25) is 4.79 Å². The maximum atomic E-state index is 14.0. The zero-order chi connectivity index (χ0) is 23.5. The lowest BCUT2D eigenvalue weighted by Gasteiger charge is -2.25. The number of carbonyl (C=O) groups is 1. The fourth-order valence-electron chi connectivity index (χ4n) is 3.88. The molecular formula is C23H23FN6O3S. The van der Waals surface area contributed by atoms with Crippen LogP contribution in [0.25, 0.3) is 10.2 Å². The number of anilines is 2. The lowest BCUT2D eigenvalue weighted by Crippen LogP contribution is -2.37. The van der Waals surface area contributed by atoms with Crippen molar-refractivity contribution in [2.24, 2.45) is 0 Å². The molecule has 1 saturated heterocycles. The van der Waals surface area contributed by atoms with E-state index in [-0.39, 0.29) is 24.4 Å². The molecule has 0 spiro atoms. The summed E-state index contributed by atoms with van der Waals surface area (Å²) in [6, 6.07) is 4.37. The van der Waals surface area contributed by atoms with Crippen LogP contribution in [-0.2, 0) is 6.54 Å². The monoisotopic (exact) mass is 482 g/mol. The number of nitrogens with one attached hydrogen (secondary N) is 3. The molecule has 1 aliphatic rings. The SMILES string of the molecule is Cc1c(C(=O)NCc2ncco2)sc2ncnc(Nc3ccc(F)cc3OC3CCCNC3)c12. The minimum Gasteiger partial charge on any atom is -0.487 e. The summed E-state index contributed by atoms with van der Waals surface area (Å²) >= 11 is 1.28. The van der Waals surface area contributed by atoms with Crippen LogP contribution in [0.1, 0.15) is 34.0 Å². The van der Waals surface area contributed by atoms with Gasteiger partial charge in [0.15, 0.2) is 0 Å². The van der Waals surface area contributed by atoms with Crippen LogP contribution in [0, 0.1) is 12.7 Å². The third-order valence-electron chi connectivity index (χ3n) is 5.56. The van der Waals surface area contributed by atoms with Gasteiger partial charge in [-0.2, -0.15) is 0 Å². The van der Waals surface area contributed by atoms with Crippen LogP contribution in [0.4, 0.5) is 15.9 Å². The first kappa shape index (κ1) is 22.2. The molecule has 4 heterocycles. The summed E-state index contributed by atoms with van der Waals surface area (Å²) < 4.78 is 25.3. The Kier molecular flexibility index (Phi) is 6.37. The number of oxazole rings is 1. The topological polar surface area (TPSA) is 114 Å². The van der Waals surface area contributed by atoms with Crippen molar-refractivity contribution in [2.75, 3.05) is 18.4 Å². The molecule has 11 heteroatoms. The van der Waals surface area contributed by atoms with E-state index in [0.29, 0.717) is 39.4 Å². The van der Waals surface area contributed by atoms with Gasteiger partial charge in [0.25, 0.3) is 5.91 Å². The number of amides is 1. The van der Waals surface area contributed by atoms with Crippen LogP contribution in [0.2, 0.25) is 0 Å². The fraction of sp³-hybridized carbons (Fsp3) is 0.304. The highest BCUT2D eigenvalue weighted by molar-refractivity contribution is 7.20. The second-order valence-electron chi connectivity index (χ2n) is 7.92. The summed E-state index contributed by atoms with van der Waals surface area (Å²) in [5, 5.41) is 10.1. The molecule has 1 unspecified atom stereocenters. The van der Waals surface area contributed by atoms with E-state index in [9.17, 15) is 9.18 Å². The zero-order valence-electron chi connectivity index (χ0n) is 18.4. The molecule has 0 bridgehead atoms. The molecule has 0 radical (unpaired) electrons. The van der Waals surface area contributed by atoms with Crippen LogP contribution < -0.4 is 20.7 Å². The first-order chi connectivity index (χ1) is 16.6. The molecule has 5 rings (SSSR count). The molecule has 3 aromatic heterocycles. The number of hydrogen-bond acceptors (Lipinski definition) is 9. The Morgan fingerprint density at radius 1 is 1.35 bits per heavy atom. The number of thiophene rings is 1. The first-order valence-corrected chi connectivity index (χ1v) is 11.7. The predicted octanol–water partition coefficient (Wildman–Crippen LogP) is 3.93. The van der Waals surface area contributed by atoms with E-state index in [1.165, 1.54) is 42.3 Å². The van der Waals surface area contributed by atoms with Gasteiger partial charge in [-0.05, 0) is 44.0 Å². The highest BCUT2D eigenvalue weighted by Gasteiger charge is 2.21. The van der Waals surface area contributed by atoms with Gasteiger partial charge in [-0.15, -0.1) is 11.3 Å². The zero-order valence-corrected chi connectivity index (χ0v) is 19.2. The van der Waals surface area contributed by atoms with Gasteiger partial charge in [0.2, 0.25) is 5.89 Å². The first-order valence-electron chi connectivity index (χ1n) is 10.9. The van der Waals surface area contributed by atoms with Crippen LogP contribution in [0.5, 0.6) is 5.75 Å². The Labute approximate surface area is 198 Å². The predicted molar refractivity (Wildman–Crippen MR) is 126 cm³/mol. The van der Waals surface area contributed by atoms with Crippen molar-refractivity contribution in [1.29, 1.82) is 0 Å². The Hall–Kier alpha value is -3.57. The largest absolute Gasteiger partial charge is 0.487 e. The molecule has 1 aliphatic heterocycles. The number of piperidine rings is 1. The van der Waals surface area contributed by atoms with Crippen LogP contribution in [0.3, 0.4) is 0 Å². The molecule has 0 aliphatic carbocycles. The molecule has 1 fully saturated rings. The number of rotatable bonds is 7. The van der Waals surface area contributed by atoms with E-state index < -0.39 is 0 Å². The van der Waals surface area contributed by atoms with E-state index in [2.05, 4.69) is 30.9 Å². The number of nitrogens with zero attached hydrogens (tertiary/aromatic N) is 3. The standard InChI is InChI=1S/C23H23FN6O3S/c1-13-19-21(30-16-5-4-14(24)9-17(16)33-15-3-2-6-25-10-15)28-12-29-23(19)34-20(13)22(31)27-11-18-26-7-8-32-18/h4-5,7-9,12,15,25H,2-3,6,10-11H2,1H3,(H,27,31)(H,28,29,30). The highest BCUT2D eigenvalue weighted by Crippen LogP contribution is 2.37. The number of benzene rings is 1. The molecule has 34 heavy (non-hydrogen) atoms. The number of aromatic nitrogens is 3. The van der Waals surface area contributed by atoms with E-state index >= 15 is 0 Å². The summed E-state index contributed by atoms with van der Waals surface area (Å²) in [6.45, 7) is 3.70. The highest BCUT2D eigenvalue weighted by atomic mass is 32.1. The fourth-order valence-corrected chi connectivity index (χ4v) is 4.95. The van der Waals surface area contributed by atoms with Crippen LogP contribution >= 0.6 is 11.3 Å². The van der Waals surface area contributed by atoms with Gasteiger partial charge >= 0.3 is 0 Å². The number of halogens is 1. The summed E-state index contributed by atoms with van der Waals surface area (Å²) in [5.74, 6) is 0.723. The second kappa shape index (κ2) is 9.74. The van der Waals surface area contributed by atoms with Gasteiger partial charge in [0.1, 0.15) is 40.9 Å². The lowest BCUT2D eigenvalue weighted by atomic mass is 10.1. The number of aryl methyl sites for hydroxylation is 1. The summed E-state index contributed by atoms with van der Waals surface area (Å²) in [5.41, 5.74) is 1.33. The number of fused-ring (bicyclic) bond motifs is 1. The Morgan fingerprint density at radius 3 is 3.06 bits per heavy atom. The van der Waals surface area contributed by atoms with Gasteiger partial charge in [0.05, 0.1) is 28.7 Å². The minimum absolute atomic E-state index is 0.0386. The number of ether oxygens (including phenoxy) is 1. The van der Waals surface area contributed by atoms with Gasteiger partial charge in [-0.1, -0.05) is 0 Å². The Morgan fingerprint density at radius 2 is 2.26 bits per heavy atom. The second-order valence-corrected chi connectivity index (χ2v) is 8.92. The van der Waals surface area contributed by atoms with Gasteiger partial charge in [0, 0.05) is 12.6 Å². The smallest absolute Gasteiger partial charge is 0.262 e. The van der Waals surface area contributed by atoms with E-state index in [4.69, 9.17) is 9.15 Å². The molecule has 1 aromatic carbocycles. The van der Waals surface area contributed by atoms with E-state index in [1.807, 2.05) is 6.92 Å². The number of hydrogen-bond donors (Lipinski definition) is 3. The number of carbonyl (C=O) groups excluding carboxylic acids is 1. The summed E-state index contributed by atoms with van der Waals surface area (Å²) in [4.78, 5) is 26.7. The molecule has 3 N–H and O–H groups in total. The van der Waals surface area contributed by atoms with Crippen LogP contribution in [0.15, 0.2) is 41.4 Å². The average Bonchev–Trinajstić information content (AvgIpc) is 3.48. The van der Waals surface area contributed by atoms with Crippen LogP contribution in [-0.4, -0.2) is 40.1 Å². The van der Waals surface area contributed by atoms with Crippen molar-refractivity contribution in [3.63, 3.8) is 0 Å². The molecular weight excluding hydrogens is 459 g/mol. The minimum atomic E-state index is -0.381. The normalized spacial score (nSPS) is 15.9. The summed E-state index contributed by atoms with van der Waals surface area (Å²) in [7, 11) is 0. The maximum absolute atomic E-state index is 14.0. The quantitative estimate of drug-likeness (QED) is 0.363. The van der Waals surface area contributed by atoms with Crippen molar-refractivity contribution in [1.82, 2.24) is 25.6 Å². The third kappa shape index (κ3) is 4.70. The molecule has 4 aromatic rings. The van der Waals surface area contributed by atoms with E-state index in [1.54, 1.807) is 6.07 Å². The third-order valence-corrected chi connectivity index (χ3v) is 6.76. The maximum Gasteiger partial charge on any atom is 0.262 e. The molecule has 9 nitrogen and oxygen atoms in total. The molecule has 0 saturated carbocycles. The van der Waals surface area contributed by atoms with Crippen molar-refractivity contribution >= 4 is 39.0 Å². The van der Waals surface area contributed by atoms with Gasteiger partial charge in [-0.25, -0.2) is 19.3 Å². The average molecular weight is 483 g/mol. The van der Waals surface area contributed by atoms with Crippen molar-refractivity contribution < 1.29 is 18.3 Å². The summed E-state index contributed by atoms with van der Waals surface area (Å²) in [6.07, 6.45) is 6.28. The Bertz CT molecular complexity index is 1300. The molecule has 1 atom stereocenters. The van der Waals surface area contributed by atoms with E-state index in [0.717, 1.165) is 30.3 Å². The van der Waals surface area contributed by atoms with Crippen molar-refractivity contribution in [3.05, 3.63) is 59.1 Å². The Balaban J connectivity index is 1.42. The van der Waals surface area contributed by atoms with Gasteiger partial charge < -0.3 is 25.1 Å². The van der Waals surface area contributed by atoms with Crippen molar-refractivity contribution in [2.45, 2.75) is 32.4 Å².